The minimum Gasteiger partial charge on any atom is -0.297 e. The molecule has 0 bridgehead atoms. The van der Waals surface area contributed by atoms with Crippen molar-refractivity contribution in [3.8, 4) is 11.3 Å². The van der Waals surface area contributed by atoms with E-state index in [9.17, 15) is 0 Å². The van der Waals surface area contributed by atoms with Gasteiger partial charge >= 0.3 is 0 Å². The molecule has 1 aliphatic rings. The number of rotatable bonds is 3. The second-order valence-corrected chi connectivity index (χ2v) is 6.04. The van der Waals surface area contributed by atoms with Gasteiger partial charge in [0.25, 0.3) is 0 Å². The quantitative estimate of drug-likeness (QED) is 0.854. The van der Waals surface area contributed by atoms with Crippen molar-refractivity contribution in [1.29, 1.82) is 0 Å². The standard InChI is InChI=1S/C18H23N3/c1-13-12-19-20-18(14(13)2)17-8-6-16(7-9-17)15(3)21-10-4-5-11-21/h6-9,12,15H,4-5,10-11H2,1-3H3. The predicted molar refractivity (Wildman–Crippen MR) is 86.2 cm³/mol. The maximum Gasteiger partial charge on any atom is 0.0961 e. The molecule has 0 N–H and O–H groups in total. The van der Waals surface area contributed by atoms with Crippen molar-refractivity contribution in [3.63, 3.8) is 0 Å². The number of likely N-dealkylation sites (tertiary alicyclic amines) is 1. The van der Waals surface area contributed by atoms with Crippen LogP contribution in [0, 0.1) is 13.8 Å². The fourth-order valence-electron chi connectivity index (χ4n) is 3.07. The van der Waals surface area contributed by atoms with E-state index in [4.69, 9.17) is 0 Å². The van der Waals surface area contributed by atoms with Crippen LogP contribution in [-0.4, -0.2) is 28.2 Å². The molecular formula is C18H23N3. The van der Waals surface area contributed by atoms with Crippen LogP contribution in [-0.2, 0) is 0 Å². The minimum atomic E-state index is 0.506. The van der Waals surface area contributed by atoms with Crippen molar-refractivity contribution in [2.24, 2.45) is 0 Å². The van der Waals surface area contributed by atoms with E-state index in [1.807, 2.05) is 6.20 Å². The first kappa shape index (κ1) is 14.2. The van der Waals surface area contributed by atoms with E-state index in [1.165, 1.54) is 42.6 Å². The van der Waals surface area contributed by atoms with E-state index in [0.717, 1.165) is 11.3 Å². The molecular weight excluding hydrogens is 258 g/mol. The largest absolute Gasteiger partial charge is 0.297 e. The highest BCUT2D eigenvalue weighted by atomic mass is 15.2. The van der Waals surface area contributed by atoms with E-state index in [0.29, 0.717) is 6.04 Å². The van der Waals surface area contributed by atoms with E-state index >= 15 is 0 Å². The summed E-state index contributed by atoms with van der Waals surface area (Å²) in [7, 11) is 0. The molecule has 0 amide bonds. The highest BCUT2D eigenvalue weighted by Gasteiger charge is 2.19. The van der Waals surface area contributed by atoms with Crippen LogP contribution in [0.4, 0.5) is 0 Å². The molecule has 2 heterocycles. The first-order valence-corrected chi connectivity index (χ1v) is 7.80. The number of aromatic nitrogens is 2. The zero-order chi connectivity index (χ0) is 14.8. The van der Waals surface area contributed by atoms with Gasteiger partial charge in [-0.05, 0) is 63.4 Å². The van der Waals surface area contributed by atoms with E-state index in [1.54, 1.807) is 0 Å². The molecule has 1 atom stereocenters. The fraction of sp³-hybridized carbons (Fsp3) is 0.444. The Morgan fingerprint density at radius 3 is 2.38 bits per heavy atom. The smallest absolute Gasteiger partial charge is 0.0961 e. The van der Waals surface area contributed by atoms with Crippen LogP contribution in [0.2, 0.25) is 0 Å². The number of nitrogens with zero attached hydrogens (tertiary/aromatic N) is 3. The van der Waals surface area contributed by atoms with E-state index < -0.39 is 0 Å². The molecule has 0 saturated carbocycles. The lowest BCUT2D eigenvalue weighted by Gasteiger charge is -2.24. The molecule has 1 aromatic carbocycles. The lowest BCUT2D eigenvalue weighted by atomic mass is 10.0. The summed E-state index contributed by atoms with van der Waals surface area (Å²) < 4.78 is 0. The van der Waals surface area contributed by atoms with Gasteiger partial charge < -0.3 is 0 Å². The van der Waals surface area contributed by atoms with Gasteiger partial charge in [0.05, 0.1) is 11.9 Å². The van der Waals surface area contributed by atoms with Crippen LogP contribution >= 0.6 is 0 Å². The Kier molecular flexibility index (Phi) is 4.02. The van der Waals surface area contributed by atoms with Gasteiger partial charge in [-0.25, -0.2) is 0 Å². The first-order chi connectivity index (χ1) is 10.2. The molecule has 110 valence electrons. The summed E-state index contributed by atoms with van der Waals surface area (Å²) in [5.41, 5.74) is 5.94. The summed E-state index contributed by atoms with van der Waals surface area (Å²) in [5.74, 6) is 0. The van der Waals surface area contributed by atoms with Crippen molar-refractivity contribution in [2.75, 3.05) is 13.1 Å². The van der Waals surface area contributed by atoms with Crippen LogP contribution < -0.4 is 0 Å². The number of hydrogen-bond donors (Lipinski definition) is 0. The zero-order valence-electron chi connectivity index (χ0n) is 13.1. The summed E-state index contributed by atoms with van der Waals surface area (Å²) in [4.78, 5) is 2.56. The summed E-state index contributed by atoms with van der Waals surface area (Å²) in [5, 5.41) is 8.38. The van der Waals surface area contributed by atoms with Gasteiger partial charge in [0.1, 0.15) is 0 Å². The Hall–Kier alpha value is -1.74. The molecule has 2 aromatic rings. The maximum absolute atomic E-state index is 4.30. The molecule has 3 rings (SSSR count). The highest BCUT2D eigenvalue weighted by molar-refractivity contribution is 5.63. The summed E-state index contributed by atoms with van der Waals surface area (Å²) >= 11 is 0. The molecule has 0 radical (unpaired) electrons. The average molecular weight is 281 g/mol. The van der Waals surface area contributed by atoms with Crippen LogP contribution in [0.1, 0.15) is 42.5 Å². The molecule has 1 unspecified atom stereocenters. The monoisotopic (exact) mass is 281 g/mol. The Balaban J connectivity index is 1.85. The van der Waals surface area contributed by atoms with Crippen molar-refractivity contribution < 1.29 is 0 Å². The third-order valence-electron chi connectivity index (χ3n) is 4.71. The summed E-state index contributed by atoms with van der Waals surface area (Å²) in [6.07, 6.45) is 4.49. The lowest BCUT2D eigenvalue weighted by Crippen LogP contribution is -2.23. The second-order valence-electron chi connectivity index (χ2n) is 6.04. The molecule has 1 saturated heterocycles. The van der Waals surface area contributed by atoms with Crippen LogP contribution in [0.25, 0.3) is 11.3 Å². The normalized spacial score (nSPS) is 17.1. The molecule has 1 aromatic heterocycles. The molecule has 0 spiro atoms. The van der Waals surface area contributed by atoms with Gasteiger partial charge in [-0.15, -0.1) is 0 Å². The number of benzene rings is 1. The highest BCUT2D eigenvalue weighted by Crippen LogP contribution is 2.27. The summed E-state index contributed by atoms with van der Waals surface area (Å²) in [6, 6.07) is 9.34. The fourth-order valence-corrected chi connectivity index (χ4v) is 3.07. The molecule has 3 nitrogen and oxygen atoms in total. The molecule has 1 fully saturated rings. The van der Waals surface area contributed by atoms with Crippen molar-refractivity contribution in [2.45, 2.75) is 39.7 Å². The van der Waals surface area contributed by atoms with Crippen LogP contribution in [0.5, 0.6) is 0 Å². The molecule has 21 heavy (non-hydrogen) atoms. The van der Waals surface area contributed by atoms with Gasteiger partial charge in [-0.3, -0.25) is 4.90 Å². The molecule has 1 aliphatic heterocycles. The van der Waals surface area contributed by atoms with Crippen molar-refractivity contribution in [1.82, 2.24) is 15.1 Å². The SMILES string of the molecule is Cc1cnnc(-c2ccc(C(C)N3CCCC3)cc2)c1C. The van der Waals surface area contributed by atoms with Crippen molar-refractivity contribution >= 4 is 0 Å². The predicted octanol–water partition coefficient (Wildman–Crippen LogP) is 3.92. The Bertz CT molecular complexity index is 613. The Morgan fingerprint density at radius 1 is 1.05 bits per heavy atom. The van der Waals surface area contributed by atoms with Crippen molar-refractivity contribution in [3.05, 3.63) is 47.2 Å². The van der Waals surface area contributed by atoms with Gasteiger partial charge in [0.15, 0.2) is 0 Å². The van der Waals surface area contributed by atoms with Gasteiger partial charge in [0, 0.05) is 11.6 Å². The van der Waals surface area contributed by atoms with E-state index in [-0.39, 0.29) is 0 Å². The third-order valence-corrected chi connectivity index (χ3v) is 4.71. The second kappa shape index (κ2) is 5.94. The van der Waals surface area contributed by atoms with Crippen LogP contribution in [0.15, 0.2) is 30.5 Å². The third kappa shape index (κ3) is 2.84. The summed E-state index contributed by atoms with van der Waals surface area (Å²) in [6.45, 7) is 8.95. The van der Waals surface area contributed by atoms with E-state index in [2.05, 4.69) is 60.1 Å². The lowest BCUT2D eigenvalue weighted by molar-refractivity contribution is 0.263. The Morgan fingerprint density at radius 2 is 1.71 bits per heavy atom. The number of aryl methyl sites for hydroxylation is 1. The minimum absolute atomic E-state index is 0.506. The van der Waals surface area contributed by atoms with Crippen LogP contribution in [0.3, 0.4) is 0 Å². The first-order valence-electron chi connectivity index (χ1n) is 7.80. The molecule has 0 aliphatic carbocycles. The maximum atomic E-state index is 4.30. The number of hydrogen-bond acceptors (Lipinski definition) is 3. The Labute approximate surface area is 127 Å². The van der Waals surface area contributed by atoms with Gasteiger partial charge in [-0.2, -0.15) is 10.2 Å². The molecule has 3 heteroatoms. The zero-order valence-corrected chi connectivity index (χ0v) is 13.1. The van der Waals surface area contributed by atoms with Gasteiger partial charge in [0.2, 0.25) is 0 Å². The average Bonchev–Trinajstić information content (AvgIpc) is 3.04. The topological polar surface area (TPSA) is 29.0 Å². The van der Waals surface area contributed by atoms with Gasteiger partial charge in [-0.1, -0.05) is 24.3 Å².